The number of anilines is 1. The van der Waals surface area contributed by atoms with Crippen molar-refractivity contribution < 1.29 is 5.11 Å². The largest absolute Gasteiger partial charge is 0.393 e. The molecule has 2 aliphatic rings. The summed E-state index contributed by atoms with van der Waals surface area (Å²) in [5.74, 6) is 1.80. The number of hydrogen-bond donors (Lipinski definition) is 1. The Balaban J connectivity index is 1.82. The van der Waals surface area contributed by atoms with Crippen LogP contribution >= 0.6 is 11.6 Å². The minimum Gasteiger partial charge on any atom is -0.393 e. The molecule has 1 N–H and O–H groups in total. The Morgan fingerprint density at radius 1 is 1.38 bits per heavy atom. The maximum absolute atomic E-state index is 9.84. The third-order valence-corrected chi connectivity index (χ3v) is 4.03. The van der Waals surface area contributed by atoms with Crippen LogP contribution in [-0.2, 0) is 0 Å². The third kappa shape index (κ3) is 1.57. The molecule has 4 nitrogen and oxygen atoms in total. The van der Waals surface area contributed by atoms with Gasteiger partial charge in [0.05, 0.1) is 12.3 Å². The van der Waals surface area contributed by atoms with Crippen LogP contribution in [0.25, 0.3) is 0 Å². The standard InChI is InChI=1S/C11H14ClN3O/c12-9-3-13-6-14-11(9)15-4-7-1-2-10(16)8(7)5-15/h3,6-8,10,16H,1-2,4-5H2. The van der Waals surface area contributed by atoms with E-state index in [0.29, 0.717) is 16.9 Å². The first-order valence-corrected chi connectivity index (χ1v) is 6.02. The Morgan fingerprint density at radius 3 is 3.00 bits per heavy atom. The molecule has 1 aliphatic carbocycles. The second-order valence-electron chi connectivity index (χ2n) is 4.67. The molecule has 1 saturated carbocycles. The highest BCUT2D eigenvalue weighted by atomic mass is 35.5. The zero-order valence-corrected chi connectivity index (χ0v) is 9.64. The van der Waals surface area contributed by atoms with Crippen LogP contribution < -0.4 is 4.90 Å². The average molecular weight is 240 g/mol. The highest BCUT2D eigenvalue weighted by molar-refractivity contribution is 6.32. The first kappa shape index (κ1) is 10.3. The van der Waals surface area contributed by atoms with Crippen LogP contribution in [0.3, 0.4) is 0 Å². The van der Waals surface area contributed by atoms with Crippen molar-refractivity contribution in [3.05, 3.63) is 17.5 Å². The monoisotopic (exact) mass is 239 g/mol. The number of aliphatic hydroxyl groups excluding tert-OH is 1. The van der Waals surface area contributed by atoms with Crippen molar-refractivity contribution in [2.45, 2.75) is 18.9 Å². The quantitative estimate of drug-likeness (QED) is 0.804. The average Bonchev–Trinajstić information content (AvgIpc) is 2.82. The van der Waals surface area contributed by atoms with Gasteiger partial charge < -0.3 is 10.0 Å². The molecular formula is C11H14ClN3O. The van der Waals surface area contributed by atoms with Crippen LogP contribution in [0.15, 0.2) is 12.5 Å². The van der Waals surface area contributed by atoms with Gasteiger partial charge in [-0.2, -0.15) is 0 Å². The second-order valence-corrected chi connectivity index (χ2v) is 5.08. The highest BCUT2D eigenvalue weighted by Crippen LogP contribution is 2.40. The lowest BCUT2D eigenvalue weighted by Crippen LogP contribution is -2.25. The number of nitrogens with zero attached hydrogens (tertiary/aromatic N) is 3. The van der Waals surface area contributed by atoms with Crippen molar-refractivity contribution in [1.29, 1.82) is 0 Å². The zero-order valence-electron chi connectivity index (χ0n) is 8.88. The number of hydrogen-bond acceptors (Lipinski definition) is 4. The molecule has 0 bridgehead atoms. The van der Waals surface area contributed by atoms with E-state index in [4.69, 9.17) is 11.6 Å². The van der Waals surface area contributed by atoms with Crippen LogP contribution in [0.4, 0.5) is 5.82 Å². The molecule has 0 radical (unpaired) electrons. The van der Waals surface area contributed by atoms with Crippen molar-refractivity contribution >= 4 is 17.4 Å². The first-order chi connectivity index (χ1) is 7.75. The van der Waals surface area contributed by atoms with Crippen LogP contribution in [0.1, 0.15) is 12.8 Å². The molecule has 16 heavy (non-hydrogen) atoms. The number of fused-ring (bicyclic) bond motifs is 1. The molecule has 2 fully saturated rings. The maximum Gasteiger partial charge on any atom is 0.150 e. The van der Waals surface area contributed by atoms with Crippen molar-refractivity contribution in [2.24, 2.45) is 11.8 Å². The van der Waals surface area contributed by atoms with E-state index in [2.05, 4.69) is 14.9 Å². The third-order valence-electron chi connectivity index (χ3n) is 3.77. The Bertz CT molecular complexity index is 401. The van der Waals surface area contributed by atoms with Crippen molar-refractivity contribution in [2.75, 3.05) is 18.0 Å². The van der Waals surface area contributed by atoms with E-state index in [1.165, 1.54) is 6.33 Å². The summed E-state index contributed by atoms with van der Waals surface area (Å²) in [6, 6.07) is 0. The van der Waals surface area contributed by atoms with Gasteiger partial charge >= 0.3 is 0 Å². The molecule has 1 aromatic rings. The summed E-state index contributed by atoms with van der Waals surface area (Å²) in [5, 5.41) is 10.4. The van der Waals surface area contributed by atoms with Crippen LogP contribution in [0.2, 0.25) is 5.02 Å². The molecule has 3 rings (SSSR count). The van der Waals surface area contributed by atoms with E-state index in [1.807, 2.05) is 0 Å². The zero-order chi connectivity index (χ0) is 11.1. The molecule has 86 valence electrons. The number of rotatable bonds is 1. The van der Waals surface area contributed by atoms with E-state index in [1.54, 1.807) is 6.20 Å². The van der Waals surface area contributed by atoms with Gasteiger partial charge in [0, 0.05) is 19.0 Å². The topological polar surface area (TPSA) is 49.2 Å². The summed E-state index contributed by atoms with van der Waals surface area (Å²) in [6.45, 7) is 1.82. The second kappa shape index (κ2) is 3.86. The normalized spacial score (nSPS) is 33.1. The van der Waals surface area contributed by atoms with Crippen LogP contribution in [0.5, 0.6) is 0 Å². The van der Waals surface area contributed by atoms with Gasteiger partial charge in [-0.05, 0) is 18.8 Å². The SMILES string of the molecule is OC1CCC2CN(c3ncncc3Cl)CC12. The first-order valence-electron chi connectivity index (χ1n) is 5.64. The lowest BCUT2D eigenvalue weighted by Gasteiger charge is -2.19. The Kier molecular flexibility index (Phi) is 2.48. The summed E-state index contributed by atoms with van der Waals surface area (Å²) < 4.78 is 0. The van der Waals surface area contributed by atoms with E-state index in [9.17, 15) is 5.11 Å². The predicted molar refractivity (Wildman–Crippen MR) is 61.5 cm³/mol. The Labute approximate surface area is 99.3 Å². The summed E-state index contributed by atoms with van der Waals surface area (Å²) in [6.07, 6.45) is 5.06. The summed E-state index contributed by atoms with van der Waals surface area (Å²) in [5.41, 5.74) is 0. The van der Waals surface area contributed by atoms with Gasteiger partial charge in [-0.3, -0.25) is 0 Å². The van der Waals surface area contributed by atoms with Crippen molar-refractivity contribution in [3.63, 3.8) is 0 Å². The Morgan fingerprint density at radius 2 is 2.25 bits per heavy atom. The molecule has 5 heteroatoms. The lowest BCUT2D eigenvalue weighted by molar-refractivity contribution is 0.133. The van der Waals surface area contributed by atoms with Gasteiger partial charge in [0.15, 0.2) is 5.82 Å². The molecule has 2 heterocycles. The Hall–Kier alpha value is -0.870. The molecular weight excluding hydrogens is 226 g/mol. The fraction of sp³-hybridized carbons (Fsp3) is 0.636. The van der Waals surface area contributed by atoms with Gasteiger partial charge in [0.1, 0.15) is 11.3 Å². The molecule has 1 saturated heterocycles. The van der Waals surface area contributed by atoms with E-state index < -0.39 is 0 Å². The minimum absolute atomic E-state index is 0.143. The van der Waals surface area contributed by atoms with Gasteiger partial charge in [-0.15, -0.1) is 0 Å². The summed E-state index contributed by atoms with van der Waals surface area (Å²) in [7, 11) is 0. The summed E-state index contributed by atoms with van der Waals surface area (Å²) >= 11 is 6.07. The van der Waals surface area contributed by atoms with E-state index in [0.717, 1.165) is 31.7 Å². The van der Waals surface area contributed by atoms with Crippen LogP contribution in [0, 0.1) is 11.8 Å². The van der Waals surface area contributed by atoms with Crippen LogP contribution in [-0.4, -0.2) is 34.3 Å². The number of halogens is 1. The predicted octanol–water partition coefficient (Wildman–Crippen LogP) is 1.34. The van der Waals surface area contributed by atoms with E-state index in [-0.39, 0.29) is 6.10 Å². The molecule has 1 aliphatic heterocycles. The van der Waals surface area contributed by atoms with Gasteiger partial charge in [0.25, 0.3) is 0 Å². The van der Waals surface area contributed by atoms with Gasteiger partial charge in [0.2, 0.25) is 0 Å². The number of aliphatic hydroxyl groups is 1. The number of aromatic nitrogens is 2. The molecule has 0 amide bonds. The smallest absolute Gasteiger partial charge is 0.150 e. The highest BCUT2D eigenvalue weighted by Gasteiger charge is 2.42. The molecule has 3 unspecified atom stereocenters. The molecule has 1 aromatic heterocycles. The summed E-state index contributed by atoms with van der Waals surface area (Å²) in [4.78, 5) is 10.3. The molecule has 0 spiro atoms. The van der Waals surface area contributed by atoms with Crippen molar-refractivity contribution in [3.8, 4) is 0 Å². The van der Waals surface area contributed by atoms with Gasteiger partial charge in [-0.25, -0.2) is 9.97 Å². The lowest BCUT2D eigenvalue weighted by atomic mass is 10.00. The van der Waals surface area contributed by atoms with Gasteiger partial charge in [-0.1, -0.05) is 11.6 Å². The maximum atomic E-state index is 9.84. The molecule has 0 aromatic carbocycles. The fourth-order valence-corrected chi connectivity index (χ4v) is 3.17. The van der Waals surface area contributed by atoms with Crippen molar-refractivity contribution in [1.82, 2.24) is 9.97 Å². The van der Waals surface area contributed by atoms with E-state index >= 15 is 0 Å². The molecule has 3 atom stereocenters. The fourth-order valence-electron chi connectivity index (χ4n) is 2.95. The minimum atomic E-state index is -0.143.